The number of fused-ring (bicyclic) bond motifs is 1. The number of nitrogens with one attached hydrogen (secondary N) is 1. The molecular weight excluding hydrogens is 499 g/mol. The minimum atomic E-state index is -0.381. The van der Waals surface area contributed by atoms with Crippen molar-refractivity contribution in [3.05, 3.63) is 83.7 Å². The topological polar surface area (TPSA) is 88.8 Å². The lowest BCUT2D eigenvalue weighted by molar-refractivity contribution is -0.111. The quantitative estimate of drug-likeness (QED) is 0.322. The molecule has 0 radical (unpaired) electrons. The van der Waals surface area contributed by atoms with Crippen LogP contribution in [0.1, 0.15) is 40.5 Å². The van der Waals surface area contributed by atoms with Gasteiger partial charge in [0.05, 0.1) is 11.6 Å². The maximum absolute atomic E-state index is 13.4. The highest BCUT2D eigenvalue weighted by Crippen LogP contribution is 2.36. The average molecular weight is 531 g/mol. The zero-order chi connectivity index (χ0) is 27.9. The summed E-state index contributed by atoms with van der Waals surface area (Å²) in [7, 11) is 3.22. The first-order valence-electron chi connectivity index (χ1n) is 12.8. The van der Waals surface area contributed by atoms with Gasteiger partial charge >= 0.3 is 0 Å². The van der Waals surface area contributed by atoms with Gasteiger partial charge < -0.3 is 24.2 Å². The van der Waals surface area contributed by atoms with E-state index in [9.17, 15) is 18.8 Å². The van der Waals surface area contributed by atoms with Crippen LogP contribution >= 0.6 is 0 Å². The van der Waals surface area contributed by atoms with E-state index in [0.717, 1.165) is 30.4 Å². The van der Waals surface area contributed by atoms with E-state index in [2.05, 4.69) is 10.1 Å². The van der Waals surface area contributed by atoms with Crippen LogP contribution in [0.15, 0.2) is 71.1 Å². The normalized spacial score (nSPS) is 14.6. The summed E-state index contributed by atoms with van der Waals surface area (Å²) in [6, 6.07) is 18.1. The van der Waals surface area contributed by atoms with Crippen molar-refractivity contribution in [1.82, 2.24) is 10.2 Å². The molecule has 5 rings (SSSR count). The van der Waals surface area contributed by atoms with Gasteiger partial charge in [0.1, 0.15) is 23.4 Å². The molecule has 2 heterocycles. The van der Waals surface area contributed by atoms with Gasteiger partial charge in [0.2, 0.25) is 0 Å². The molecular formula is C31H31FN2O5. The zero-order valence-corrected chi connectivity index (χ0v) is 22.2. The van der Waals surface area contributed by atoms with E-state index in [1.807, 2.05) is 25.1 Å². The van der Waals surface area contributed by atoms with Crippen molar-refractivity contribution in [2.45, 2.75) is 25.8 Å². The second-order valence-corrected chi connectivity index (χ2v) is 9.11. The lowest BCUT2D eigenvalue weighted by Crippen LogP contribution is -2.36. The van der Waals surface area contributed by atoms with E-state index in [1.165, 1.54) is 12.1 Å². The Hall–Kier alpha value is -4.30. The molecule has 4 aromatic rings. The monoisotopic (exact) mass is 530 g/mol. The Morgan fingerprint density at radius 2 is 1.77 bits per heavy atom. The van der Waals surface area contributed by atoms with Gasteiger partial charge in [0.15, 0.2) is 0 Å². The molecule has 0 unspecified atom stereocenters. The molecule has 0 spiro atoms. The smallest absolute Gasteiger partial charge is 0.255 e. The van der Waals surface area contributed by atoms with Crippen LogP contribution in [-0.2, 0) is 9.53 Å². The van der Waals surface area contributed by atoms with Crippen LogP contribution in [-0.4, -0.2) is 56.4 Å². The molecule has 2 amide bonds. The number of rotatable bonds is 6. The average Bonchev–Trinajstić information content (AvgIpc) is 3.61. The molecule has 1 atom stereocenters. The molecule has 8 heteroatoms. The molecule has 0 bridgehead atoms. The van der Waals surface area contributed by atoms with E-state index in [1.54, 1.807) is 55.5 Å². The maximum Gasteiger partial charge on any atom is 0.255 e. The van der Waals surface area contributed by atoms with Gasteiger partial charge in [-0.05, 0) is 79.4 Å². The molecule has 1 aromatic heterocycles. The molecule has 1 N–H and O–H groups in total. The van der Waals surface area contributed by atoms with Crippen LogP contribution in [0, 0.1) is 5.82 Å². The molecule has 1 saturated heterocycles. The number of benzene rings is 3. The highest BCUT2D eigenvalue weighted by Gasteiger charge is 2.29. The highest BCUT2D eigenvalue weighted by atomic mass is 19.1. The molecule has 7 nitrogen and oxygen atoms in total. The standard InChI is InChI=1S/C28H23FN2O4.C3H8O/c1-30-27(33)25-23-15-19(9-12-24(23)35-26(25)17-7-10-21(29)11-8-17)18-4-2-5-20(14-18)28(34)31-13-3-6-22(31)16-32;1-3-4-2/h2,4-5,7-12,14-16,22H,3,6,13H2,1H3,(H,30,33);3H2,1-2H3/t22-;/m0./s1. The van der Waals surface area contributed by atoms with Crippen molar-refractivity contribution in [1.29, 1.82) is 0 Å². The van der Waals surface area contributed by atoms with Crippen molar-refractivity contribution < 1.29 is 27.9 Å². The number of carbonyl (C=O) groups is 3. The zero-order valence-electron chi connectivity index (χ0n) is 22.2. The van der Waals surface area contributed by atoms with E-state index < -0.39 is 0 Å². The van der Waals surface area contributed by atoms with E-state index in [0.29, 0.717) is 46.4 Å². The Bertz CT molecular complexity index is 1480. The molecule has 39 heavy (non-hydrogen) atoms. The van der Waals surface area contributed by atoms with Gasteiger partial charge in [-0.15, -0.1) is 0 Å². The highest BCUT2D eigenvalue weighted by molar-refractivity contribution is 6.12. The Morgan fingerprint density at radius 1 is 1.08 bits per heavy atom. The molecule has 1 aliphatic rings. The second kappa shape index (κ2) is 12.5. The van der Waals surface area contributed by atoms with Gasteiger partial charge in [-0.2, -0.15) is 0 Å². The number of likely N-dealkylation sites (tertiary alicyclic amines) is 1. The van der Waals surface area contributed by atoms with Gasteiger partial charge in [-0.25, -0.2) is 4.39 Å². The summed E-state index contributed by atoms with van der Waals surface area (Å²) >= 11 is 0. The summed E-state index contributed by atoms with van der Waals surface area (Å²) in [5.74, 6) is -0.514. The predicted octanol–water partition coefficient (Wildman–Crippen LogP) is 5.72. The van der Waals surface area contributed by atoms with Crippen molar-refractivity contribution in [3.8, 4) is 22.5 Å². The number of aldehydes is 1. The summed E-state index contributed by atoms with van der Waals surface area (Å²) < 4.78 is 24.0. The number of nitrogens with zero attached hydrogens (tertiary/aromatic N) is 1. The number of methoxy groups -OCH3 is 1. The van der Waals surface area contributed by atoms with Gasteiger partial charge in [0.25, 0.3) is 11.8 Å². The van der Waals surface area contributed by atoms with Crippen molar-refractivity contribution in [2.75, 3.05) is 27.3 Å². The van der Waals surface area contributed by atoms with Crippen molar-refractivity contribution in [2.24, 2.45) is 0 Å². The number of hydrogen-bond acceptors (Lipinski definition) is 5. The first kappa shape index (κ1) is 27.7. The fraction of sp³-hybridized carbons (Fsp3) is 0.258. The molecule has 202 valence electrons. The van der Waals surface area contributed by atoms with Crippen LogP contribution < -0.4 is 5.32 Å². The summed E-state index contributed by atoms with van der Waals surface area (Å²) in [5, 5.41) is 3.26. The largest absolute Gasteiger partial charge is 0.455 e. The first-order chi connectivity index (χ1) is 18.9. The summed E-state index contributed by atoms with van der Waals surface area (Å²) in [4.78, 5) is 38.8. The summed E-state index contributed by atoms with van der Waals surface area (Å²) in [6.07, 6.45) is 2.33. The third-order valence-electron chi connectivity index (χ3n) is 6.70. The van der Waals surface area contributed by atoms with E-state index in [-0.39, 0.29) is 23.7 Å². The number of ether oxygens (including phenoxy) is 1. The molecule has 0 saturated carbocycles. The van der Waals surface area contributed by atoms with Gasteiger partial charge in [-0.1, -0.05) is 18.2 Å². The lowest BCUT2D eigenvalue weighted by atomic mass is 9.98. The fourth-order valence-electron chi connectivity index (χ4n) is 4.62. The van der Waals surface area contributed by atoms with Crippen LogP contribution in [0.5, 0.6) is 0 Å². The molecule has 1 fully saturated rings. The molecule has 1 aliphatic heterocycles. The SMILES string of the molecule is CCOC.CNC(=O)c1c(-c2ccc(F)cc2)oc2ccc(-c3cccc(C(=O)N4CCC[C@H]4C=O)c3)cc12. The third kappa shape index (κ3) is 5.91. The Balaban J connectivity index is 0.000000826. The molecule has 0 aliphatic carbocycles. The fourth-order valence-corrected chi connectivity index (χ4v) is 4.62. The predicted molar refractivity (Wildman–Crippen MR) is 148 cm³/mol. The number of hydrogen-bond donors (Lipinski definition) is 1. The Kier molecular flexibility index (Phi) is 8.88. The number of carbonyl (C=O) groups excluding carboxylic acids is 3. The number of amides is 2. The number of halogens is 1. The maximum atomic E-state index is 13.4. The third-order valence-corrected chi connectivity index (χ3v) is 6.70. The van der Waals surface area contributed by atoms with Crippen LogP contribution in [0.2, 0.25) is 0 Å². The number of furan rings is 1. The minimum Gasteiger partial charge on any atom is -0.455 e. The second-order valence-electron chi connectivity index (χ2n) is 9.11. The lowest BCUT2D eigenvalue weighted by Gasteiger charge is -2.20. The van der Waals surface area contributed by atoms with Crippen LogP contribution in [0.25, 0.3) is 33.4 Å². The Labute approximate surface area is 226 Å². The Morgan fingerprint density at radius 3 is 2.44 bits per heavy atom. The minimum absolute atomic E-state index is 0.171. The summed E-state index contributed by atoms with van der Waals surface area (Å²) in [6.45, 7) is 3.34. The van der Waals surface area contributed by atoms with Gasteiger partial charge in [0, 0.05) is 43.8 Å². The van der Waals surface area contributed by atoms with Crippen LogP contribution in [0.3, 0.4) is 0 Å². The first-order valence-corrected chi connectivity index (χ1v) is 12.8. The van der Waals surface area contributed by atoms with E-state index in [4.69, 9.17) is 4.42 Å². The summed E-state index contributed by atoms with van der Waals surface area (Å²) in [5.41, 5.74) is 3.57. The van der Waals surface area contributed by atoms with E-state index >= 15 is 0 Å². The van der Waals surface area contributed by atoms with Gasteiger partial charge in [-0.3, -0.25) is 9.59 Å². The van der Waals surface area contributed by atoms with Crippen molar-refractivity contribution in [3.63, 3.8) is 0 Å². The molecule has 3 aromatic carbocycles. The van der Waals surface area contributed by atoms with Crippen LogP contribution in [0.4, 0.5) is 4.39 Å². The van der Waals surface area contributed by atoms with Crippen molar-refractivity contribution >= 4 is 29.1 Å².